The number of hydrogen-bond donors (Lipinski definition) is 3. The number of benzene rings is 1. The molecule has 3 rings (SSSR count). The number of aliphatic carboxylic acids is 1. The molecule has 0 spiro atoms. The zero-order chi connectivity index (χ0) is 48.4. The second-order valence-electron chi connectivity index (χ2n) is 19.3. The van der Waals surface area contributed by atoms with Crippen LogP contribution in [-0.4, -0.2) is 139 Å². The monoisotopic (exact) mass is 914 g/mol. The summed E-state index contributed by atoms with van der Waals surface area (Å²) < 4.78 is 12.1. The number of hydroxylamine groups is 2. The van der Waals surface area contributed by atoms with Crippen molar-refractivity contribution >= 4 is 35.4 Å². The van der Waals surface area contributed by atoms with Crippen LogP contribution in [0.15, 0.2) is 30.3 Å². The highest BCUT2D eigenvalue weighted by atomic mass is 16.7. The van der Waals surface area contributed by atoms with Gasteiger partial charge in [0.25, 0.3) is 5.91 Å². The average Bonchev–Trinajstić information content (AvgIpc) is 3.77. The number of ketones is 1. The van der Waals surface area contributed by atoms with Gasteiger partial charge in [0.05, 0.1) is 49.3 Å². The topological polar surface area (TPSA) is 184 Å². The van der Waals surface area contributed by atoms with Crippen molar-refractivity contribution in [3.63, 3.8) is 0 Å². The van der Waals surface area contributed by atoms with Crippen LogP contribution in [0, 0.1) is 35.5 Å². The molecule has 2 saturated heterocycles. The van der Waals surface area contributed by atoms with Gasteiger partial charge in [0.1, 0.15) is 6.04 Å². The summed E-state index contributed by atoms with van der Waals surface area (Å²) in [5.41, 5.74) is 0.909. The average molecular weight is 914 g/mol. The molecule has 368 valence electrons. The fourth-order valence-electron chi connectivity index (χ4n) is 9.75. The van der Waals surface area contributed by atoms with Crippen molar-refractivity contribution in [2.24, 2.45) is 35.5 Å². The fourth-order valence-corrected chi connectivity index (χ4v) is 9.75. The highest BCUT2D eigenvalue weighted by Crippen LogP contribution is 2.33. The summed E-state index contributed by atoms with van der Waals surface area (Å²) in [6, 6.07) is 7.14. The zero-order valence-corrected chi connectivity index (χ0v) is 41.4. The number of rotatable bonds is 28. The summed E-state index contributed by atoms with van der Waals surface area (Å²) >= 11 is 0. The van der Waals surface area contributed by atoms with Gasteiger partial charge in [-0.1, -0.05) is 92.1 Å². The highest BCUT2D eigenvalue weighted by molar-refractivity contribution is 5.92. The Morgan fingerprint density at radius 3 is 2.14 bits per heavy atom. The number of carbonyl (C=O) groups excluding carboxylic acids is 5. The van der Waals surface area contributed by atoms with Gasteiger partial charge in [-0.2, -0.15) is 0 Å². The summed E-state index contributed by atoms with van der Waals surface area (Å²) in [6.07, 6.45) is 4.96. The predicted molar refractivity (Wildman–Crippen MR) is 250 cm³/mol. The third-order valence-corrected chi connectivity index (χ3v) is 13.8. The first-order valence-electron chi connectivity index (χ1n) is 24.3. The molecule has 0 radical (unpaired) electrons. The van der Waals surface area contributed by atoms with Gasteiger partial charge in [0.2, 0.25) is 17.7 Å². The Balaban J connectivity index is 1.71. The van der Waals surface area contributed by atoms with Gasteiger partial charge < -0.3 is 30.1 Å². The highest BCUT2D eigenvalue weighted by Gasteiger charge is 2.42. The van der Waals surface area contributed by atoms with Gasteiger partial charge in [-0.15, -0.1) is 0 Å². The third kappa shape index (κ3) is 16.4. The lowest BCUT2D eigenvalue weighted by Crippen LogP contribution is -2.55. The van der Waals surface area contributed by atoms with Crippen molar-refractivity contribution in [1.82, 2.24) is 25.5 Å². The molecule has 15 heteroatoms. The van der Waals surface area contributed by atoms with E-state index in [2.05, 4.69) is 24.5 Å². The van der Waals surface area contributed by atoms with Crippen molar-refractivity contribution in [2.45, 2.75) is 162 Å². The molecule has 2 heterocycles. The van der Waals surface area contributed by atoms with Crippen LogP contribution < -0.4 is 10.6 Å². The SMILES string of the molecule is CC[C@H](C)[C@H](CCC(C)C(=O)[C@@H](NC(=O)[C@H](C(C)C)N(C)CCCC(=O)O)C(C)C)[C@@H](CC(=O)N1CCC[C@H]1[C@H](OC)[C@@H](C)C(=O)N[C@@H](Cc1ccccc1)C(=O)N1CCCCO1)OC. The molecule has 0 saturated carbocycles. The van der Waals surface area contributed by atoms with E-state index in [1.165, 1.54) is 5.06 Å². The number of carboxylic acid groups (broad SMARTS) is 1. The summed E-state index contributed by atoms with van der Waals surface area (Å²) in [5, 5.41) is 16.6. The second-order valence-corrected chi connectivity index (χ2v) is 19.3. The molecule has 1 unspecified atom stereocenters. The summed E-state index contributed by atoms with van der Waals surface area (Å²) in [7, 11) is 5.00. The van der Waals surface area contributed by atoms with E-state index in [0.717, 1.165) is 31.2 Å². The molecule has 10 atom stereocenters. The van der Waals surface area contributed by atoms with Crippen LogP contribution in [0.3, 0.4) is 0 Å². The van der Waals surface area contributed by atoms with Gasteiger partial charge in [-0.3, -0.25) is 38.5 Å². The van der Waals surface area contributed by atoms with Crippen LogP contribution in [0.2, 0.25) is 0 Å². The van der Waals surface area contributed by atoms with E-state index in [1.54, 1.807) is 21.1 Å². The van der Waals surface area contributed by atoms with Crippen molar-refractivity contribution in [3.8, 4) is 0 Å². The number of nitrogens with one attached hydrogen (secondary N) is 2. The molecular formula is C50H83N5O10. The number of carboxylic acids is 1. The Morgan fingerprint density at radius 2 is 1.57 bits per heavy atom. The number of likely N-dealkylation sites (N-methyl/N-ethyl adjacent to an activating group) is 1. The number of ether oxygens (including phenoxy) is 2. The Bertz CT molecular complexity index is 1660. The van der Waals surface area contributed by atoms with Crippen molar-refractivity contribution in [1.29, 1.82) is 0 Å². The van der Waals surface area contributed by atoms with E-state index in [4.69, 9.17) is 19.4 Å². The normalized spacial score (nSPS) is 19.8. The van der Waals surface area contributed by atoms with Gasteiger partial charge in [-0.25, -0.2) is 5.06 Å². The van der Waals surface area contributed by atoms with E-state index >= 15 is 0 Å². The van der Waals surface area contributed by atoms with Crippen molar-refractivity contribution in [2.75, 3.05) is 47.5 Å². The molecule has 2 aliphatic heterocycles. The molecule has 2 fully saturated rings. The number of carbonyl (C=O) groups is 6. The van der Waals surface area contributed by atoms with Gasteiger partial charge >= 0.3 is 5.97 Å². The second kappa shape index (κ2) is 27.7. The summed E-state index contributed by atoms with van der Waals surface area (Å²) in [4.78, 5) is 90.4. The number of hydrogen-bond acceptors (Lipinski definition) is 10. The standard InChI is InChI=1S/C50H83N5O10/c1-12-34(6)38(25-24-35(7)46(59)44(32(2)3)52-49(61)45(33(4)5)53(9)26-19-23-43(57)58)41(63-10)31-42(56)54-27-18-22-40(54)47(64-11)36(8)48(60)51-39(30-37-20-14-13-15-21-37)50(62)55-28-16-17-29-65-55/h13-15,20-21,32-36,38-41,44-45,47H,12,16-19,22-31H2,1-11H3,(H,51,60)(H,52,61)(H,57,58)/t34-,35?,36+,38-,39-,40-,41+,44-,45-,47+/m0/s1. The van der Waals surface area contributed by atoms with Crippen LogP contribution in [-0.2, 0) is 49.5 Å². The van der Waals surface area contributed by atoms with E-state index < -0.39 is 42.2 Å². The van der Waals surface area contributed by atoms with Crippen LogP contribution in [0.4, 0.5) is 0 Å². The Labute approximate surface area is 389 Å². The maximum Gasteiger partial charge on any atom is 0.303 e. The molecule has 1 aromatic rings. The summed E-state index contributed by atoms with van der Waals surface area (Å²) in [6.45, 7) is 17.6. The van der Waals surface area contributed by atoms with Crippen LogP contribution in [0.5, 0.6) is 0 Å². The van der Waals surface area contributed by atoms with E-state index in [9.17, 15) is 28.8 Å². The molecule has 2 aliphatic rings. The lowest BCUT2D eigenvalue weighted by atomic mass is 9.79. The lowest BCUT2D eigenvalue weighted by molar-refractivity contribution is -0.199. The number of methoxy groups -OCH3 is 2. The van der Waals surface area contributed by atoms with Crippen molar-refractivity contribution in [3.05, 3.63) is 35.9 Å². The van der Waals surface area contributed by atoms with E-state index in [-0.39, 0.29) is 77.9 Å². The summed E-state index contributed by atoms with van der Waals surface area (Å²) in [5.74, 6) is -3.00. The number of amides is 4. The van der Waals surface area contributed by atoms with Crippen LogP contribution >= 0.6 is 0 Å². The minimum atomic E-state index is -0.879. The van der Waals surface area contributed by atoms with Gasteiger partial charge in [0.15, 0.2) is 5.78 Å². The molecule has 15 nitrogen and oxygen atoms in total. The minimum Gasteiger partial charge on any atom is -0.481 e. The molecule has 0 bridgehead atoms. The van der Waals surface area contributed by atoms with Crippen LogP contribution in [0.1, 0.15) is 125 Å². The maximum absolute atomic E-state index is 14.4. The smallest absolute Gasteiger partial charge is 0.303 e. The van der Waals surface area contributed by atoms with Gasteiger partial charge in [0, 0.05) is 46.1 Å². The Morgan fingerprint density at radius 1 is 0.877 bits per heavy atom. The Kier molecular flexibility index (Phi) is 23.6. The first-order valence-corrected chi connectivity index (χ1v) is 24.3. The Hall–Kier alpha value is -3.92. The number of nitrogens with zero attached hydrogens (tertiary/aromatic N) is 3. The fraction of sp³-hybridized carbons (Fsp3) is 0.760. The molecule has 4 amide bonds. The van der Waals surface area contributed by atoms with Gasteiger partial charge in [-0.05, 0) is 87.8 Å². The molecular weight excluding hydrogens is 831 g/mol. The number of likely N-dealkylation sites (tertiary alicyclic amines) is 1. The van der Waals surface area contributed by atoms with E-state index in [1.807, 2.05) is 81.8 Å². The molecule has 0 aromatic heterocycles. The first-order chi connectivity index (χ1) is 30.9. The third-order valence-electron chi connectivity index (χ3n) is 13.8. The maximum atomic E-state index is 14.4. The largest absolute Gasteiger partial charge is 0.481 e. The molecule has 3 N–H and O–H groups in total. The van der Waals surface area contributed by atoms with Crippen molar-refractivity contribution < 1.29 is 48.2 Å². The predicted octanol–water partition coefficient (Wildman–Crippen LogP) is 5.92. The van der Waals surface area contributed by atoms with Crippen LogP contribution in [0.25, 0.3) is 0 Å². The minimum absolute atomic E-state index is 0.0150. The molecule has 0 aliphatic carbocycles. The molecule has 1 aromatic carbocycles. The molecule has 65 heavy (non-hydrogen) atoms. The quantitative estimate of drug-likeness (QED) is 0.0907. The zero-order valence-electron chi connectivity index (χ0n) is 41.4. The number of Topliss-reactive ketones (excluding diaryl/α,β-unsaturated/α-hetero) is 1. The first kappa shape index (κ1) is 55.4. The van der Waals surface area contributed by atoms with E-state index in [0.29, 0.717) is 58.3 Å². The lowest BCUT2D eigenvalue weighted by Gasteiger charge is -2.37.